The van der Waals surface area contributed by atoms with E-state index in [1.165, 1.54) is 0 Å². The predicted octanol–water partition coefficient (Wildman–Crippen LogP) is 2.85. The van der Waals surface area contributed by atoms with Crippen LogP contribution in [-0.4, -0.2) is 28.8 Å². The molecule has 2 rings (SSSR count). The lowest BCUT2D eigenvalue weighted by Gasteiger charge is -2.08. The fourth-order valence-electron chi connectivity index (χ4n) is 1.94. The Hall–Kier alpha value is -2.83. The Balaban J connectivity index is 2.12. The van der Waals surface area contributed by atoms with Gasteiger partial charge in [0.15, 0.2) is 0 Å². The molecule has 7 heteroatoms. The van der Waals surface area contributed by atoms with Crippen molar-refractivity contribution in [3.05, 3.63) is 41.2 Å². The van der Waals surface area contributed by atoms with Crippen LogP contribution in [0.1, 0.15) is 28.7 Å². The van der Waals surface area contributed by atoms with Crippen LogP contribution < -0.4 is 10.6 Å². The van der Waals surface area contributed by atoms with E-state index < -0.39 is 6.09 Å². The summed E-state index contributed by atoms with van der Waals surface area (Å²) in [5.41, 5.74) is 3.08. The first-order chi connectivity index (χ1) is 10.5. The van der Waals surface area contributed by atoms with Gasteiger partial charge in [-0.1, -0.05) is 6.07 Å². The number of nitrogens with zero attached hydrogens (tertiary/aromatic N) is 1. The number of benzene rings is 1. The molecule has 22 heavy (non-hydrogen) atoms. The Morgan fingerprint density at radius 3 is 2.68 bits per heavy atom. The third-order valence-electron chi connectivity index (χ3n) is 3.01. The third-order valence-corrected chi connectivity index (χ3v) is 3.01. The predicted molar refractivity (Wildman–Crippen MR) is 83.1 cm³/mol. The van der Waals surface area contributed by atoms with Crippen molar-refractivity contribution in [1.29, 1.82) is 0 Å². The zero-order chi connectivity index (χ0) is 16.1. The van der Waals surface area contributed by atoms with Crippen LogP contribution in [0.5, 0.6) is 0 Å². The van der Waals surface area contributed by atoms with Gasteiger partial charge in [-0.05, 0) is 39.0 Å². The normalized spacial score (nSPS) is 10.1. The van der Waals surface area contributed by atoms with E-state index in [1.807, 2.05) is 6.92 Å². The number of aromatic nitrogens is 2. The number of ether oxygens (including phenoxy) is 1. The zero-order valence-corrected chi connectivity index (χ0v) is 12.7. The molecule has 0 bridgehead atoms. The number of hydrogen-bond donors (Lipinski definition) is 3. The minimum atomic E-state index is -0.554. The van der Waals surface area contributed by atoms with Crippen molar-refractivity contribution >= 4 is 23.4 Å². The molecule has 0 radical (unpaired) electrons. The van der Waals surface area contributed by atoms with Crippen LogP contribution in [0.4, 0.5) is 16.2 Å². The fraction of sp³-hybridized carbons (Fsp3) is 0.267. The van der Waals surface area contributed by atoms with Crippen LogP contribution in [-0.2, 0) is 4.74 Å². The minimum Gasteiger partial charge on any atom is -0.450 e. The zero-order valence-electron chi connectivity index (χ0n) is 12.7. The fourth-order valence-corrected chi connectivity index (χ4v) is 1.94. The van der Waals surface area contributed by atoms with E-state index >= 15 is 0 Å². The van der Waals surface area contributed by atoms with Crippen molar-refractivity contribution in [2.45, 2.75) is 20.8 Å². The number of nitrogens with one attached hydrogen (secondary N) is 3. The Morgan fingerprint density at radius 2 is 2.05 bits per heavy atom. The van der Waals surface area contributed by atoms with E-state index in [1.54, 1.807) is 38.1 Å². The molecule has 2 aromatic rings. The van der Waals surface area contributed by atoms with Gasteiger partial charge < -0.3 is 10.1 Å². The first-order valence-corrected chi connectivity index (χ1v) is 6.88. The second kappa shape index (κ2) is 6.75. The highest BCUT2D eigenvalue weighted by Gasteiger charge is 2.13. The molecule has 0 atom stereocenters. The number of carbonyl (C=O) groups is 2. The monoisotopic (exact) mass is 302 g/mol. The maximum absolute atomic E-state index is 12.3. The average Bonchev–Trinajstić information content (AvgIpc) is 2.79. The van der Waals surface area contributed by atoms with Crippen molar-refractivity contribution in [1.82, 2.24) is 10.2 Å². The second-order valence-corrected chi connectivity index (χ2v) is 4.69. The summed E-state index contributed by atoms with van der Waals surface area (Å²) in [6.07, 6.45) is -0.554. The molecular weight excluding hydrogens is 284 g/mol. The van der Waals surface area contributed by atoms with Gasteiger partial charge in [0.25, 0.3) is 5.91 Å². The highest BCUT2D eigenvalue weighted by Crippen LogP contribution is 2.18. The number of carbonyl (C=O) groups excluding carboxylic acids is 2. The van der Waals surface area contributed by atoms with E-state index in [4.69, 9.17) is 4.74 Å². The molecule has 0 saturated carbocycles. The maximum Gasteiger partial charge on any atom is 0.411 e. The number of anilines is 2. The van der Waals surface area contributed by atoms with E-state index in [2.05, 4.69) is 20.8 Å². The van der Waals surface area contributed by atoms with Crippen LogP contribution in [0.15, 0.2) is 24.3 Å². The molecule has 2 amide bonds. The summed E-state index contributed by atoms with van der Waals surface area (Å²) < 4.78 is 4.80. The molecule has 116 valence electrons. The number of hydrogen-bond acceptors (Lipinski definition) is 4. The average molecular weight is 302 g/mol. The Morgan fingerprint density at radius 1 is 1.27 bits per heavy atom. The highest BCUT2D eigenvalue weighted by atomic mass is 16.5. The third kappa shape index (κ3) is 3.63. The molecule has 0 unspecified atom stereocenters. The summed E-state index contributed by atoms with van der Waals surface area (Å²) in [6.45, 7) is 5.64. The van der Waals surface area contributed by atoms with Crippen LogP contribution in [0.25, 0.3) is 0 Å². The standard InChI is InChI=1S/C15H18N4O3/c1-4-22-15(21)16-12-7-5-6-11(8-12)14(20)17-13-9(2)18-19-10(13)3/h5-8H,4H2,1-3H3,(H,16,21)(H,17,20)(H,18,19). The SMILES string of the molecule is CCOC(=O)Nc1cccc(C(=O)Nc2c(C)n[nH]c2C)c1. The Bertz CT molecular complexity index is 674. The summed E-state index contributed by atoms with van der Waals surface area (Å²) in [5.74, 6) is -0.278. The summed E-state index contributed by atoms with van der Waals surface area (Å²) in [6, 6.07) is 6.61. The minimum absolute atomic E-state index is 0.278. The van der Waals surface area contributed by atoms with Gasteiger partial charge in [0.2, 0.25) is 0 Å². The first kappa shape index (κ1) is 15.6. The van der Waals surface area contributed by atoms with Gasteiger partial charge in [-0.2, -0.15) is 5.10 Å². The van der Waals surface area contributed by atoms with Crippen LogP contribution in [0, 0.1) is 13.8 Å². The van der Waals surface area contributed by atoms with Crippen molar-refractivity contribution in [3.63, 3.8) is 0 Å². The summed E-state index contributed by atoms with van der Waals surface area (Å²) >= 11 is 0. The molecule has 0 spiro atoms. The van der Waals surface area contributed by atoms with Crippen LogP contribution >= 0.6 is 0 Å². The van der Waals surface area contributed by atoms with Crippen molar-refractivity contribution < 1.29 is 14.3 Å². The molecule has 0 fully saturated rings. The lowest BCUT2D eigenvalue weighted by Crippen LogP contribution is -2.15. The van der Waals surface area contributed by atoms with Gasteiger partial charge in [-0.25, -0.2) is 4.79 Å². The van der Waals surface area contributed by atoms with Gasteiger partial charge in [0.1, 0.15) is 0 Å². The van der Waals surface area contributed by atoms with Gasteiger partial charge in [-0.15, -0.1) is 0 Å². The molecule has 7 nitrogen and oxygen atoms in total. The lowest BCUT2D eigenvalue weighted by molar-refractivity contribution is 0.102. The van der Waals surface area contributed by atoms with Crippen molar-refractivity contribution in [3.8, 4) is 0 Å². The van der Waals surface area contributed by atoms with Gasteiger partial charge in [0, 0.05) is 11.3 Å². The largest absolute Gasteiger partial charge is 0.450 e. The van der Waals surface area contributed by atoms with Gasteiger partial charge >= 0.3 is 6.09 Å². The molecule has 0 saturated heterocycles. The molecule has 0 aliphatic carbocycles. The van der Waals surface area contributed by atoms with E-state index in [0.29, 0.717) is 22.6 Å². The van der Waals surface area contributed by atoms with Crippen LogP contribution in [0.3, 0.4) is 0 Å². The topological polar surface area (TPSA) is 96.1 Å². The number of rotatable bonds is 4. The number of aromatic amines is 1. The van der Waals surface area contributed by atoms with Gasteiger partial charge in [-0.3, -0.25) is 15.2 Å². The molecular formula is C15H18N4O3. The lowest BCUT2D eigenvalue weighted by atomic mass is 10.2. The quantitative estimate of drug-likeness (QED) is 0.809. The second-order valence-electron chi connectivity index (χ2n) is 4.69. The number of aryl methyl sites for hydroxylation is 2. The summed E-state index contributed by atoms with van der Waals surface area (Å²) in [7, 11) is 0. The maximum atomic E-state index is 12.3. The Kier molecular flexibility index (Phi) is 4.77. The number of H-pyrrole nitrogens is 1. The molecule has 1 aromatic heterocycles. The van der Waals surface area contributed by atoms with Crippen molar-refractivity contribution in [2.75, 3.05) is 17.2 Å². The molecule has 0 aliphatic heterocycles. The van der Waals surface area contributed by atoms with E-state index in [-0.39, 0.29) is 12.5 Å². The van der Waals surface area contributed by atoms with Gasteiger partial charge in [0.05, 0.1) is 23.7 Å². The summed E-state index contributed by atoms with van der Waals surface area (Å²) in [5, 5.41) is 12.2. The highest BCUT2D eigenvalue weighted by molar-refractivity contribution is 6.05. The first-order valence-electron chi connectivity index (χ1n) is 6.88. The molecule has 3 N–H and O–H groups in total. The molecule has 1 aromatic carbocycles. The van der Waals surface area contributed by atoms with Crippen LogP contribution in [0.2, 0.25) is 0 Å². The molecule has 1 heterocycles. The Labute approximate surface area is 128 Å². The van der Waals surface area contributed by atoms with E-state index in [9.17, 15) is 9.59 Å². The smallest absolute Gasteiger partial charge is 0.411 e. The molecule has 0 aliphatic rings. The summed E-state index contributed by atoms with van der Waals surface area (Å²) in [4.78, 5) is 23.7. The van der Waals surface area contributed by atoms with E-state index in [0.717, 1.165) is 5.69 Å². The van der Waals surface area contributed by atoms with Crippen molar-refractivity contribution in [2.24, 2.45) is 0 Å². The number of amides is 2.